The highest BCUT2D eigenvalue weighted by Gasteiger charge is 2.52. The van der Waals surface area contributed by atoms with Crippen LogP contribution in [0.5, 0.6) is 0 Å². The van der Waals surface area contributed by atoms with Gasteiger partial charge in [0, 0.05) is 38.0 Å². The van der Waals surface area contributed by atoms with E-state index < -0.39 is 13.4 Å². The molecule has 30 heavy (non-hydrogen) atoms. The molecule has 160 valence electrons. The molecule has 0 bridgehead atoms. The summed E-state index contributed by atoms with van der Waals surface area (Å²) in [6.45, 7) is 0. The van der Waals surface area contributed by atoms with Gasteiger partial charge in [0.2, 0.25) is 5.79 Å². The molecule has 1 aliphatic heterocycles. The number of hydrogen-bond donors (Lipinski definition) is 1. The molecule has 3 unspecified atom stereocenters. The lowest BCUT2D eigenvalue weighted by molar-refractivity contribution is -0.223. The molecule has 2 aromatic rings. The van der Waals surface area contributed by atoms with Gasteiger partial charge in [0.1, 0.15) is 5.76 Å². The van der Waals surface area contributed by atoms with Crippen LogP contribution < -0.4 is 0 Å². The van der Waals surface area contributed by atoms with E-state index in [0.717, 1.165) is 36.0 Å². The smallest absolute Gasteiger partial charge is 0.334 e. The maximum atomic E-state index is 13.2. The minimum atomic E-state index is -3.35. The van der Waals surface area contributed by atoms with Crippen LogP contribution in [0.1, 0.15) is 42.7 Å². The second-order valence-electron chi connectivity index (χ2n) is 8.04. The Kier molecular flexibility index (Phi) is 6.17. The predicted octanol–water partition coefficient (Wildman–Crippen LogP) is 5.58. The third-order valence-corrected chi connectivity index (χ3v) is 8.18. The number of hydrogen-bond acceptors (Lipinski definition) is 5. The Labute approximate surface area is 178 Å². The van der Waals surface area contributed by atoms with Crippen LogP contribution in [0.2, 0.25) is 0 Å². The van der Waals surface area contributed by atoms with E-state index in [1.54, 1.807) is 0 Å². The second-order valence-corrected chi connectivity index (χ2v) is 10.3. The number of aliphatic hydroxyl groups is 1. The van der Waals surface area contributed by atoms with Gasteiger partial charge in [0.15, 0.2) is 0 Å². The molecule has 0 radical (unpaired) electrons. The standard InChI is InChI=1S/C24H29O5P/c1-27-30(26,28-2)17-20-22(18-11-5-3-6-12-18)21-15-9-10-16-24(21,25)29-23(20)19-13-7-4-8-14-19/h3-8,11-14,21-22,25H,9-10,15-17H2,1-2H3. The molecule has 6 heteroatoms. The van der Waals surface area contributed by atoms with Crippen LogP contribution in [-0.4, -0.2) is 31.3 Å². The summed E-state index contributed by atoms with van der Waals surface area (Å²) in [5, 5.41) is 11.6. The van der Waals surface area contributed by atoms with Crippen LogP contribution in [0.3, 0.4) is 0 Å². The molecule has 1 fully saturated rings. The summed E-state index contributed by atoms with van der Waals surface area (Å²) in [7, 11) is -0.538. The van der Waals surface area contributed by atoms with E-state index in [1.165, 1.54) is 14.2 Å². The molecule has 1 saturated carbocycles. The van der Waals surface area contributed by atoms with Gasteiger partial charge >= 0.3 is 7.60 Å². The van der Waals surface area contributed by atoms with Crippen molar-refractivity contribution in [2.45, 2.75) is 37.4 Å². The monoisotopic (exact) mass is 428 g/mol. The van der Waals surface area contributed by atoms with Crippen molar-refractivity contribution >= 4 is 13.4 Å². The van der Waals surface area contributed by atoms with E-state index in [-0.39, 0.29) is 18.0 Å². The van der Waals surface area contributed by atoms with Crippen molar-refractivity contribution in [2.75, 3.05) is 20.4 Å². The Hall–Kier alpha value is -1.91. The molecule has 2 aromatic carbocycles. The molecular formula is C24H29O5P. The van der Waals surface area contributed by atoms with Crippen LogP contribution in [0.25, 0.3) is 5.76 Å². The number of fused-ring (bicyclic) bond motifs is 1. The van der Waals surface area contributed by atoms with E-state index in [2.05, 4.69) is 12.1 Å². The summed E-state index contributed by atoms with van der Waals surface area (Å²) in [4.78, 5) is 0. The fourth-order valence-corrected chi connectivity index (χ4v) is 6.01. The molecular weight excluding hydrogens is 399 g/mol. The lowest BCUT2D eigenvalue weighted by Crippen LogP contribution is -2.49. The number of ether oxygens (including phenoxy) is 1. The summed E-state index contributed by atoms with van der Waals surface area (Å²) in [5.74, 6) is -0.936. The van der Waals surface area contributed by atoms with Gasteiger partial charge in [-0.05, 0) is 24.0 Å². The zero-order chi connectivity index (χ0) is 21.2. The first kappa shape index (κ1) is 21.3. The average Bonchev–Trinajstić information content (AvgIpc) is 2.79. The van der Waals surface area contributed by atoms with E-state index in [9.17, 15) is 9.67 Å². The Balaban J connectivity index is 1.94. The van der Waals surface area contributed by atoms with Crippen molar-refractivity contribution in [1.29, 1.82) is 0 Å². The highest BCUT2D eigenvalue weighted by atomic mass is 31.2. The van der Waals surface area contributed by atoms with Gasteiger partial charge in [-0.25, -0.2) is 0 Å². The second kappa shape index (κ2) is 8.68. The first-order valence-electron chi connectivity index (χ1n) is 10.4. The Morgan fingerprint density at radius 2 is 1.67 bits per heavy atom. The van der Waals surface area contributed by atoms with Crippen LogP contribution in [0.15, 0.2) is 66.2 Å². The highest BCUT2D eigenvalue weighted by Crippen LogP contribution is 2.58. The molecule has 1 aliphatic carbocycles. The van der Waals surface area contributed by atoms with E-state index in [1.807, 2.05) is 48.5 Å². The van der Waals surface area contributed by atoms with Crippen molar-refractivity contribution in [3.8, 4) is 0 Å². The Bertz CT molecular complexity index is 935. The van der Waals surface area contributed by atoms with Crippen molar-refractivity contribution in [2.24, 2.45) is 5.92 Å². The van der Waals surface area contributed by atoms with E-state index in [4.69, 9.17) is 13.8 Å². The minimum absolute atomic E-state index is 0.108. The molecule has 0 amide bonds. The quantitative estimate of drug-likeness (QED) is 0.609. The normalized spacial score (nSPS) is 26.8. The Morgan fingerprint density at radius 1 is 1.03 bits per heavy atom. The summed E-state index contributed by atoms with van der Waals surface area (Å²) in [6.07, 6.45) is 3.47. The summed E-state index contributed by atoms with van der Waals surface area (Å²) >= 11 is 0. The first-order chi connectivity index (χ1) is 14.5. The lowest BCUT2D eigenvalue weighted by Gasteiger charge is -2.49. The maximum Gasteiger partial charge on any atom is 0.334 e. The fourth-order valence-electron chi connectivity index (χ4n) is 4.84. The minimum Gasteiger partial charge on any atom is -0.462 e. The number of benzene rings is 2. The molecule has 3 atom stereocenters. The fraction of sp³-hybridized carbons (Fsp3) is 0.417. The largest absolute Gasteiger partial charge is 0.462 e. The average molecular weight is 428 g/mol. The first-order valence-corrected chi connectivity index (χ1v) is 12.2. The topological polar surface area (TPSA) is 65.0 Å². The van der Waals surface area contributed by atoms with E-state index >= 15 is 0 Å². The van der Waals surface area contributed by atoms with E-state index in [0.29, 0.717) is 12.2 Å². The Morgan fingerprint density at radius 3 is 2.30 bits per heavy atom. The van der Waals surface area contributed by atoms with Crippen molar-refractivity contribution < 1.29 is 23.5 Å². The molecule has 5 nitrogen and oxygen atoms in total. The lowest BCUT2D eigenvalue weighted by atomic mass is 9.68. The van der Waals surface area contributed by atoms with Gasteiger partial charge in [-0.15, -0.1) is 0 Å². The van der Waals surface area contributed by atoms with Gasteiger partial charge in [-0.1, -0.05) is 67.1 Å². The van der Waals surface area contributed by atoms with Gasteiger partial charge in [-0.3, -0.25) is 4.57 Å². The van der Waals surface area contributed by atoms with Crippen molar-refractivity contribution in [1.82, 2.24) is 0 Å². The maximum absolute atomic E-state index is 13.2. The van der Waals surface area contributed by atoms with Crippen LogP contribution in [0.4, 0.5) is 0 Å². The summed E-state index contributed by atoms with van der Waals surface area (Å²) in [6, 6.07) is 19.8. The molecule has 0 aromatic heterocycles. The number of allylic oxidation sites excluding steroid dienone is 1. The zero-order valence-electron chi connectivity index (χ0n) is 17.5. The van der Waals surface area contributed by atoms with Crippen LogP contribution >= 0.6 is 7.60 Å². The highest BCUT2D eigenvalue weighted by molar-refractivity contribution is 7.54. The van der Waals surface area contributed by atoms with Gasteiger partial charge in [0.25, 0.3) is 0 Å². The van der Waals surface area contributed by atoms with Gasteiger partial charge in [0.05, 0.1) is 6.16 Å². The molecule has 4 rings (SSSR count). The molecule has 0 spiro atoms. The molecule has 1 heterocycles. The van der Waals surface area contributed by atoms with Crippen molar-refractivity contribution in [3.63, 3.8) is 0 Å². The summed E-state index contributed by atoms with van der Waals surface area (Å²) < 4.78 is 30.2. The summed E-state index contributed by atoms with van der Waals surface area (Å²) in [5.41, 5.74) is 2.79. The predicted molar refractivity (Wildman–Crippen MR) is 117 cm³/mol. The third kappa shape index (κ3) is 4.00. The van der Waals surface area contributed by atoms with Crippen LogP contribution in [0, 0.1) is 5.92 Å². The SMILES string of the molecule is COP(=O)(CC1=C(c2ccccc2)OC2(O)CCCCC2C1c1ccccc1)OC. The number of rotatable bonds is 6. The third-order valence-electron chi connectivity index (χ3n) is 6.34. The zero-order valence-corrected chi connectivity index (χ0v) is 18.4. The van der Waals surface area contributed by atoms with Crippen molar-refractivity contribution in [3.05, 3.63) is 77.4 Å². The molecule has 1 N–H and O–H groups in total. The molecule has 2 aliphatic rings. The van der Waals surface area contributed by atoms with Gasteiger partial charge < -0.3 is 18.9 Å². The van der Waals surface area contributed by atoms with Crippen LogP contribution in [-0.2, 0) is 18.3 Å². The molecule has 0 saturated heterocycles. The van der Waals surface area contributed by atoms with Gasteiger partial charge in [-0.2, -0.15) is 0 Å².